The largest absolute Gasteiger partial charge is 0.392 e. The van der Waals surface area contributed by atoms with Gasteiger partial charge >= 0.3 is 0 Å². The zero-order chi connectivity index (χ0) is 13.2. The number of benzene rings is 1. The lowest BCUT2D eigenvalue weighted by molar-refractivity contribution is 0.173. The second kappa shape index (κ2) is 5.11. The second-order valence-corrected chi connectivity index (χ2v) is 5.06. The molecule has 19 heavy (non-hydrogen) atoms. The van der Waals surface area contributed by atoms with E-state index in [1.165, 1.54) is 5.56 Å². The summed E-state index contributed by atoms with van der Waals surface area (Å²) in [6.07, 6.45) is 0.603. The maximum absolute atomic E-state index is 9.49. The van der Waals surface area contributed by atoms with Crippen LogP contribution in [-0.2, 0) is 6.54 Å². The van der Waals surface area contributed by atoms with Gasteiger partial charge < -0.3 is 9.63 Å². The van der Waals surface area contributed by atoms with Crippen molar-refractivity contribution in [2.24, 2.45) is 0 Å². The topological polar surface area (TPSA) is 62.4 Å². The fraction of sp³-hybridized carbons (Fsp3) is 0.429. The Hall–Kier alpha value is -1.72. The molecule has 0 amide bonds. The first-order chi connectivity index (χ1) is 9.20. The molecule has 1 unspecified atom stereocenters. The minimum absolute atomic E-state index is 0.219. The number of nitrogens with zero attached hydrogens (tertiary/aromatic N) is 3. The van der Waals surface area contributed by atoms with Gasteiger partial charge in [0.2, 0.25) is 0 Å². The molecule has 2 heterocycles. The molecule has 1 N–H and O–H groups in total. The van der Waals surface area contributed by atoms with E-state index in [1.807, 2.05) is 31.2 Å². The number of β-amino-alcohol motifs (C(OH)–C–C–N with tert-alkyl or cyclic N) is 1. The van der Waals surface area contributed by atoms with Crippen LogP contribution in [0.15, 0.2) is 28.8 Å². The van der Waals surface area contributed by atoms with Gasteiger partial charge in [-0.25, -0.2) is 0 Å². The van der Waals surface area contributed by atoms with Gasteiger partial charge in [-0.05, 0) is 25.5 Å². The molecule has 100 valence electrons. The normalized spacial score (nSPS) is 20.0. The Morgan fingerprint density at radius 2 is 2.37 bits per heavy atom. The molecule has 0 saturated carbocycles. The van der Waals surface area contributed by atoms with Crippen LogP contribution in [0.2, 0.25) is 0 Å². The predicted molar refractivity (Wildman–Crippen MR) is 70.4 cm³/mol. The van der Waals surface area contributed by atoms with Crippen molar-refractivity contribution in [2.75, 3.05) is 13.1 Å². The number of aromatic nitrogens is 2. The van der Waals surface area contributed by atoms with Gasteiger partial charge in [-0.3, -0.25) is 4.90 Å². The Morgan fingerprint density at radius 1 is 1.47 bits per heavy atom. The van der Waals surface area contributed by atoms with Crippen LogP contribution in [0.4, 0.5) is 0 Å². The lowest BCUT2D eigenvalue weighted by Crippen LogP contribution is -2.22. The molecule has 1 fully saturated rings. The van der Waals surface area contributed by atoms with Gasteiger partial charge in [-0.15, -0.1) is 0 Å². The number of likely N-dealkylation sites (tertiary alicyclic amines) is 1. The highest BCUT2D eigenvalue weighted by Crippen LogP contribution is 2.19. The molecule has 1 aromatic carbocycles. The van der Waals surface area contributed by atoms with Gasteiger partial charge in [0.05, 0.1) is 12.6 Å². The van der Waals surface area contributed by atoms with Crippen molar-refractivity contribution in [1.82, 2.24) is 15.0 Å². The first-order valence-electron chi connectivity index (χ1n) is 6.51. The molecule has 0 radical (unpaired) electrons. The molecule has 1 aromatic heterocycles. The summed E-state index contributed by atoms with van der Waals surface area (Å²) in [5.74, 6) is 1.23. The van der Waals surface area contributed by atoms with E-state index in [-0.39, 0.29) is 6.10 Å². The minimum atomic E-state index is -0.219. The van der Waals surface area contributed by atoms with Gasteiger partial charge in [0.1, 0.15) is 0 Å². The molecule has 1 atom stereocenters. The van der Waals surface area contributed by atoms with Crippen molar-refractivity contribution in [2.45, 2.75) is 26.0 Å². The molecule has 3 rings (SSSR count). The molecule has 5 heteroatoms. The fourth-order valence-electron chi connectivity index (χ4n) is 2.37. The third-order valence-corrected chi connectivity index (χ3v) is 3.35. The lowest BCUT2D eigenvalue weighted by Gasteiger charge is -2.10. The highest BCUT2D eigenvalue weighted by atomic mass is 16.5. The smallest absolute Gasteiger partial charge is 0.257 e. The molecule has 1 saturated heterocycles. The highest BCUT2D eigenvalue weighted by Gasteiger charge is 2.21. The number of aliphatic hydroxyl groups is 1. The van der Waals surface area contributed by atoms with Gasteiger partial charge in [-0.2, -0.15) is 4.98 Å². The molecule has 2 aromatic rings. The third-order valence-electron chi connectivity index (χ3n) is 3.35. The molecular weight excluding hydrogens is 242 g/mol. The maximum Gasteiger partial charge on any atom is 0.257 e. The molecule has 1 aliphatic rings. The monoisotopic (exact) mass is 259 g/mol. The highest BCUT2D eigenvalue weighted by molar-refractivity contribution is 5.53. The van der Waals surface area contributed by atoms with Crippen LogP contribution < -0.4 is 0 Å². The Balaban J connectivity index is 1.73. The molecule has 0 bridgehead atoms. The summed E-state index contributed by atoms with van der Waals surface area (Å²) in [7, 11) is 0. The first kappa shape index (κ1) is 12.3. The van der Waals surface area contributed by atoms with Gasteiger partial charge in [0.25, 0.3) is 5.89 Å². The Morgan fingerprint density at radius 3 is 3.11 bits per heavy atom. The van der Waals surface area contributed by atoms with E-state index in [1.54, 1.807) is 0 Å². The van der Waals surface area contributed by atoms with Crippen LogP contribution in [-0.4, -0.2) is 39.3 Å². The summed E-state index contributed by atoms with van der Waals surface area (Å²) in [6, 6.07) is 8.00. The zero-order valence-corrected chi connectivity index (χ0v) is 10.9. The van der Waals surface area contributed by atoms with E-state index >= 15 is 0 Å². The van der Waals surface area contributed by atoms with Crippen molar-refractivity contribution < 1.29 is 9.63 Å². The molecule has 0 spiro atoms. The molecule has 5 nitrogen and oxygen atoms in total. The zero-order valence-electron chi connectivity index (χ0n) is 10.9. The van der Waals surface area contributed by atoms with Crippen molar-refractivity contribution in [3.05, 3.63) is 35.7 Å². The van der Waals surface area contributed by atoms with Gasteiger partial charge in [-0.1, -0.05) is 22.9 Å². The fourth-order valence-corrected chi connectivity index (χ4v) is 2.37. The summed E-state index contributed by atoms with van der Waals surface area (Å²) in [6.45, 7) is 4.24. The van der Waals surface area contributed by atoms with E-state index in [0.717, 1.165) is 18.5 Å². The van der Waals surface area contributed by atoms with E-state index in [0.29, 0.717) is 24.8 Å². The van der Waals surface area contributed by atoms with Crippen LogP contribution in [0.1, 0.15) is 17.8 Å². The Kier molecular flexibility index (Phi) is 3.31. The van der Waals surface area contributed by atoms with Crippen molar-refractivity contribution in [3.8, 4) is 11.5 Å². The average Bonchev–Trinajstić information content (AvgIpc) is 2.99. The Labute approximate surface area is 111 Å². The summed E-state index contributed by atoms with van der Waals surface area (Å²) in [5, 5.41) is 13.5. The summed E-state index contributed by atoms with van der Waals surface area (Å²) < 4.78 is 5.29. The van der Waals surface area contributed by atoms with E-state index in [4.69, 9.17) is 4.52 Å². The molecular formula is C14H17N3O2. The first-order valence-corrected chi connectivity index (χ1v) is 6.51. The van der Waals surface area contributed by atoms with Crippen molar-refractivity contribution in [3.63, 3.8) is 0 Å². The maximum atomic E-state index is 9.49. The number of hydrogen-bond donors (Lipinski definition) is 1. The number of rotatable bonds is 3. The predicted octanol–water partition coefficient (Wildman–Crippen LogP) is 1.61. The van der Waals surface area contributed by atoms with Crippen LogP contribution in [0.3, 0.4) is 0 Å². The average molecular weight is 259 g/mol. The van der Waals surface area contributed by atoms with Crippen LogP contribution in [0, 0.1) is 6.92 Å². The van der Waals surface area contributed by atoms with Crippen LogP contribution in [0.25, 0.3) is 11.5 Å². The van der Waals surface area contributed by atoms with E-state index in [9.17, 15) is 5.11 Å². The van der Waals surface area contributed by atoms with Crippen molar-refractivity contribution in [1.29, 1.82) is 0 Å². The summed E-state index contributed by atoms with van der Waals surface area (Å²) in [5.41, 5.74) is 2.11. The van der Waals surface area contributed by atoms with E-state index < -0.39 is 0 Å². The quantitative estimate of drug-likeness (QED) is 0.907. The van der Waals surface area contributed by atoms with Crippen molar-refractivity contribution >= 4 is 0 Å². The minimum Gasteiger partial charge on any atom is -0.392 e. The Bertz CT molecular complexity index is 567. The number of hydrogen-bond acceptors (Lipinski definition) is 5. The molecule has 1 aliphatic heterocycles. The number of aryl methyl sites for hydroxylation is 1. The second-order valence-electron chi connectivity index (χ2n) is 5.06. The van der Waals surface area contributed by atoms with E-state index in [2.05, 4.69) is 15.0 Å². The standard InChI is InChI=1S/C14H17N3O2/c1-10-3-2-4-11(7-10)14-15-13(16-19-14)9-17-6-5-12(18)8-17/h2-4,7,12,18H,5-6,8-9H2,1H3. The SMILES string of the molecule is Cc1cccc(-c2nc(CN3CCC(O)C3)no2)c1. The van der Waals surface area contributed by atoms with Crippen LogP contribution >= 0.6 is 0 Å². The third kappa shape index (κ3) is 2.83. The molecule has 0 aliphatic carbocycles. The van der Waals surface area contributed by atoms with Gasteiger partial charge in [0, 0.05) is 18.7 Å². The van der Waals surface area contributed by atoms with Crippen LogP contribution in [0.5, 0.6) is 0 Å². The summed E-state index contributed by atoms with van der Waals surface area (Å²) in [4.78, 5) is 6.54. The lowest BCUT2D eigenvalue weighted by atomic mass is 10.1. The summed E-state index contributed by atoms with van der Waals surface area (Å²) >= 11 is 0. The van der Waals surface area contributed by atoms with Gasteiger partial charge in [0.15, 0.2) is 5.82 Å². The number of aliphatic hydroxyl groups excluding tert-OH is 1.